The second-order valence-electron chi connectivity index (χ2n) is 5.59. The fourth-order valence-corrected chi connectivity index (χ4v) is 3.34. The van der Waals surface area contributed by atoms with Crippen LogP contribution in [0.1, 0.15) is 6.92 Å². The van der Waals surface area contributed by atoms with Crippen molar-refractivity contribution in [2.24, 2.45) is 7.05 Å². The highest BCUT2D eigenvalue weighted by atomic mass is 32.2. The molecular formula is C18H19N5OS. The Morgan fingerprint density at radius 2 is 1.80 bits per heavy atom. The number of hydrogen-bond acceptors (Lipinski definition) is 5. The van der Waals surface area contributed by atoms with Gasteiger partial charge in [-0.25, -0.2) is 0 Å². The molecule has 0 N–H and O–H groups in total. The monoisotopic (exact) mass is 353 g/mol. The van der Waals surface area contributed by atoms with Gasteiger partial charge in [-0.1, -0.05) is 30.0 Å². The van der Waals surface area contributed by atoms with Gasteiger partial charge in [-0.05, 0) is 31.2 Å². The quantitative estimate of drug-likeness (QED) is 0.660. The first-order valence-electron chi connectivity index (χ1n) is 7.87. The van der Waals surface area contributed by atoms with E-state index in [0.717, 1.165) is 17.1 Å². The number of amides is 1. The van der Waals surface area contributed by atoms with Gasteiger partial charge < -0.3 is 9.47 Å². The zero-order valence-electron chi connectivity index (χ0n) is 14.3. The maximum absolute atomic E-state index is 12.7. The summed E-state index contributed by atoms with van der Waals surface area (Å²) in [6.07, 6.45) is 3.44. The van der Waals surface area contributed by atoms with Crippen LogP contribution in [0.5, 0.6) is 0 Å². The lowest BCUT2D eigenvalue weighted by molar-refractivity contribution is -0.117. The zero-order valence-corrected chi connectivity index (χ0v) is 15.1. The molecule has 2 heterocycles. The number of hydrogen-bond donors (Lipinski definition) is 0. The summed E-state index contributed by atoms with van der Waals surface area (Å²) < 4.78 is 1.90. The minimum absolute atomic E-state index is 0.0182. The van der Waals surface area contributed by atoms with E-state index >= 15 is 0 Å². The number of nitrogens with zero attached hydrogens (tertiary/aromatic N) is 5. The summed E-state index contributed by atoms with van der Waals surface area (Å²) in [6, 6.07) is 13.4. The molecule has 1 aromatic carbocycles. The lowest BCUT2D eigenvalue weighted by Gasteiger charge is -2.20. The van der Waals surface area contributed by atoms with E-state index in [-0.39, 0.29) is 11.2 Å². The van der Waals surface area contributed by atoms with Crippen molar-refractivity contribution in [2.75, 3.05) is 11.9 Å². The van der Waals surface area contributed by atoms with Gasteiger partial charge >= 0.3 is 0 Å². The summed E-state index contributed by atoms with van der Waals surface area (Å²) >= 11 is 1.40. The van der Waals surface area contributed by atoms with Crippen molar-refractivity contribution in [3.63, 3.8) is 0 Å². The average Bonchev–Trinajstić information content (AvgIpc) is 3.02. The molecule has 6 nitrogen and oxygen atoms in total. The molecule has 0 radical (unpaired) electrons. The summed E-state index contributed by atoms with van der Waals surface area (Å²) in [7, 11) is 3.68. The second kappa shape index (κ2) is 7.48. The van der Waals surface area contributed by atoms with Gasteiger partial charge in [0.2, 0.25) is 5.91 Å². The van der Waals surface area contributed by atoms with Crippen molar-refractivity contribution in [1.82, 2.24) is 19.7 Å². The molecule has 128 valence electrons. The van der Waals surface area contributed by atoms with Crippen LogP contribution in [0.25, 0.3) is 11.4 Å². The van der Waals surface area contributed by atoms with Gasteiger partial charge in [0.15, 0.2) is 11.0 Å². The standard InChI is InChI=1S/C18H19N5OS/c1-13(17(24)22(2)15-7-5-4-6-8-15)25-18-21-20-16(23(18)3)14-9-11-19-12-10-14/h4-13H,1-3H3. The summed E-state index contributed by atoms with van der Waals surface area (Å²) in [5.74, 6) is 0.769. The lowest BCUT2D eigenvalue weighted by atomic mass is 10.2. The topological polar surface area (TPSA) is 63.9 Å². The summed E-state index contributed by atoms with van der Waals surface area (Å²) in [5.41, 5.74) is 1.81. The molecule has 0 saturated heterocycles. The first-order chi connectivity index (χ1) is 12.1. The highest BCUT2D eigenvalue weighted by Crippen LogP contribution is 2.27. The molecule has 0 aliphatic carbocycles. The predicted octanol–water partition coefficient (Wildman–Crippen LogP) is 3.02. The van der Waals surface area contributed by atoms with Gasteiger partial charge in [-0.2, -0.15) is 0 Å². The SMILES string of the molecule is CC(Sc1nnc(-c2ccncc2)n1C)C(=O)N(C)c1ccccc1. The maximum atomic E-state index is 12.7. The fourth-order valence-electron chi connectivity index (χ4n) is 2.43. The molecule has 3 rings (SSSR count). The third-order valence-electron chi connectivity index (χ3n) is 3.88. The molecule has 0 aliphatic heterocycles. The largest absolute Gasteiger partial charge is 0.315 e. The van der Waals surface area contributed by atoms with Crippen LogP contribution in [-0.4, -0.2) is 38.0 Å². The molecule has 7 heteroatoms. The molecule has 0 fully saturated rings. The van der Waals surface area contributed by atoms with Crippen LogP contribution in [0, 0.1) is 0 Å². The van der Waals surface area contributed by atoms with Gasteiger partial charge in [0.1, 0.15) is 0 Å². The van der Waals surface area contributed by atoms with Crippen molar-refractivity contribution in [2.45, 2.75) is 17.3 Å². The zero-order chi connectivity index (χ0) is 17.8. The van der Waals surface area contributed by atoms with Crippen LogP contribution < -0.4 is 4.90 Å². The predicted molar refractivity (Wildman–Crippen MR) is 99.4 cm³/mol. The van der Waals surface area contributed by atoms with Crippen molar-refractivity contribution in [1.29, 1.82) is 0 Å². The smallest absolute Gasteiger partial charge is 0.240 e. The van der Waals surface area contributed by atoms with Gasteiger partial charge in [0.25, 0.3) is 0 Å². The van der Waals surface area contributed by atoms with Crippen molar-refractivity contribution >= 4 is 23.4 Å². The first kappa shape index (κ1) is 17.2. The summed E-state index contributed by atoms with van der Waals surface area (Å²) in [6.45, 7) is 1.88. The number of benzene rings is 1. The van der Waals surface area contributed by atoms with Gasteiger partial charge in [-0.3, -0.25) is 9.78 Å². The van der Waals surface area contributed by atoms with E-state index < -0.39 is 0 Å². The number of carbonyl (C=O) groups is 1. The van der Waals surface area contributed by atoms with Crippen LogP contribution in [0.3, 0.4) is 0 Å². The van der Waals surface area contributed by atoms with Gasteiger partial charge in [0.05, 0.1) is 5.25 Å². The van der Waals surface area contributed by atoms with Crippen LogP contribution in [0.2, 0.25) is 0 Å². The Balaban J connectivity index is 1.74. The Morgan fingerprint density at radius 1 is 1.12 bits per heavy atom. The Labute approximate surface area is 150 Å². The van der Waals surface area contributed by atoms with Crippen molar-refractivity contribution < 1.29 is 4.79 Å². The molecule has 1 atom stereocenters. The Hall–Kier alpha value is -2.67. The fraction of sp³-hybridized carbons (Fsp3) is 0.222. The van der Waals surface area contributed by atoms with Gasteiger partial charge in [-0.15, -0.1) is 10.2 Å². The van der Waals surface area contributed by atoms with Crippen molar-refractivity contribution in [3.8, 4) is 11.4 Å². The Kier molecular flexibility index (Phi) is 5.14. The molecule has 0 aliphatic rings. The van der Waals surface area contributed by atoms with E-state index in [2.05, 4.69) is 15.2 Å². The maximum Gasteiger partial charge on any atom is 0.240 e. The molecule has 1 unspecified atom stereocenters. The third-order valence-corrected chi connectivity index (χ3v) is 5.00. The third kappa shape index (κ3) is 3.71. The molecule has 1 amide bonds. The van der Waals surface area contributed by atoms with Crippen LogP contribution in [-0.2, 0) is 11.8 Å². The average molecular weight is 353 g/mol. The number of thioether (sulfide) groups is 1. The molecular weight excluding hydrogens is 334 g/mol. The van der Waals surface area contributed by atoms with Crippen molar-refractivity contribution in [3.05, 3.63) is 54.9 Å². The summed E-state index contributed by atoms with van der Waals surface area (Å²) in [4.78, 5) is 18.4. The Bertz CT molecular complexity index is 850. The molecule has 0 bridgehead atoms. The van der Waals surface area contributed by atoms with Crippen LogP contribution in [0.15, 0.2) is 60.0 Å². The molecule has 3 aromatic rings. The van der Waals surface area contributed by atoms with E-state index in [9.17, 15) is 4.79 Å². The molecule has 2 aromatic heterocycles. The number of pyridine rings is 1. The number of carbonyl (C=O) groups excluding carboxylic acids is 1. The molecule has 25 heavy (non-hydrogen) atoms. The lowest BCUT2D eigenvalue weighted by Crippen LogP contribution is -2.33. The number of anilines is 1. The minimum Gasteiger partial charge on any atom is -0.315 e. The van der Waals surface area contributed by atoms with E-state index in [0.29, 0.717) is 5.16 Å². The normalized spacial score (nSPS) is 12.0. The highest BCUT2D eigenvalue weighted by Gasteiger charge is 2.22. The van der Waals surface area contributed by atoms with Crippen LogP contribution in [0.4, 0.5) is 5.69 Å². The number of para-hydroxylation sites is 1. The van der Waals surface area contributed by atoms with E-state index in [4.69, 9.17) is 0 Å². The van der Waals surface area contributed by atoms with E-state index in [1.807, 2.05) is 61.0 Å². The van der Waals surface area contributed by atoms with Gasteiger partial charge in [0, 0.05) is 37.7 Å². The Morgan fingerprint density at radius 3 is 2.48 bits per heavy atom. The second-order valence-corrected chi connectivity index (χ2v) is 6.90. The minimum atomic E-state index is -0.279. The highest BCUT2D eigenvalue weighted by molar-refractivity contribution is 8.00. The van der Waals surface area contributed by atoms with E-state index in [1.165, 1.54) is 11.8 Å². The number of aromatic nitrogens is 4. The summed E-state index contributed by atoms with van der Waals surface area (Å²) in [5, 5.41) is 8.90. The molecule has 0 saturated carbocycles. The van der Waals surface area contributed by atoms with E-state index in [1.54, 1.807) is 24.3 Å². The molecule has 0 spiro atoms. The first-order valence-corrected chi connectivity index (χ1v) is 8.75. The number of rotatable bonds is 5. The van der Waals surface area contributed by atoms with Crippen LogP contribution >= 0.6 is 11.8 Å².